The van der Waals surface area contributed by atoms with E-state index in [2.05, 4.69) is 9.82 Å². The molecule has 1 aliphatic rings. The minimum Gasteiger partial charge on any atom is -0.283 e. The largest absolute Gasteiger partial charge is 0.283 e. The molecule has 0 amide bonds. The van der Waals surface area contributed by atoms with Gasteiger partial charge < -0.3 is 0 Å². The summed E-state index contributed by atoms with van der Waals surface area (Å²) in [7, 11) is -1.91. The van der Waals surface area contributed by atoms with Crippen LogP contribution in [0.4, 0.5) is 14.5 Å². The summed E-state index contributed by atoms with van der Waals surface area (Å²) in [6.07, 6.45) is 1.10. The molecule has 4 rings (SSSR count). The predicted molar refractivity (Wildman–Crippen MR) is 113 cm³/mol. The SMILES string of the molecule is Cc1c2cc(NS(=O)(=O)C3CC3)c(Cc3ccc(I)cc3F)c(F)c2nn1C. The highest BCUT2D eigenvalue weighted by molar-refractivity contribution is 14.1. The Kier molecular flexibility index (Phi) is 4.85. The molecule has 3 aromatic rings. The maximum atomic E-state index is 15.4. The van der Waals surface area contributed by atoms with Crippen molar-refractivity contribution in [3.63, 3.8) is 0 Å². The van der Waals surface area contributed by atoms with Gasteiger partial charge in [-0.15, -0.1) is 0 Å². The molecule has 0 bridgehead atoms. The topological polar surface area (TPSA) is 64.0 Å². The van der Waals surface area contributed by atoms with E-state index in [-0.39, 0.29) is 28.8 Å². The molecule has 0 atom stereocenters. The lowest BCUT2D eigenvalue weighted by molar-refractivity contribution is 0.598. The van der Waals surface area contributed by atoms with Crippen LogP contribution in [0.5, 0.6) is 0 Å². The molecule has 148 valence electrons. The Hall–Kier alpha value is -1.75. The molecular formula is C19H18F2IN3O2S. The summed E-state index contributed by atoms with van der Waals surface area (Å²) >= 11 is 2.00. The minimum atomic E-state index is -3.60. The molecule has 9 heteroatoms. The van der Waals surface area contributed by atoms with Crippen LogP contribution in [0.1, 0.15) is 29.7 Å². The van der Waals surface area contributed by atoms with Crippen LogP contribution in [0.25, 0.3) is 10.9 Å². The lowest BCUT2D eigenvalue weighted by Crippen LogP contribution is -2.19. The van der Waals surface area contributed by atoms with Crippen LogP contribution >= 0.6 is 22.6 Å². The predicted octanol–water partition coefficient (Wildman–Crippen LogP) is 4.26. The number of nitrogens with one attached hydrogen (secondary N) is 1. The van der Waals surface area contributed by atoms with Crippen LogP contribution in [0.2, 0.25) is 0 Å². The summed E-state index contributed by atoms with van der Waals surface area (Å²) in [5, 5.41) is 4.28. The van der Waals surface area contributed by atoms with Gasteiger partial charge in [-0.25, -0.2) is 17.2 Å². The van der Waals surface area contributed by atoms with Crippen molar-refractivity contribution in [1.82, 2.24) is 9.78 Å². The number of rotatable bonds is 5. The Labute approximate surface area is 175 Å². The normalized spacial score (nSPS) is 14.6. The lowest BCUT2D eigenvalue weighted by Gasteiger charge is -2.15. The van der Waals surface area contributed by atoms with Gasteiger partial charge in [0.05, 0.1) is 10.9 Å². The van der Waals surface area contributed by atoms with Crippen molar-refractivity contribution in [3.05, 3.63) is 56.3 Å². The van der Waals surface area contributed by atoms with Gasteiger partial charge in [0.15, 0.2) is 5.82 Å². The van der Waals surface area contributed by atoms with E-state index in [4.69, 9.17) is 0 Å². The van der Waals surface area contributed by atoms with E-state index in [0.29, 0.717) is 23.9 Å². The Morgan fingerprint density at radius 2 is 2.00 bits per heavy atom. The van der Waals surface area contributed by atoms with Crippen LogP contribution in [-0.4, -0.2) is 23.4 Å². The number of aromatic nitrogens is 2. The van der Waals surface area contributed by atoms with Gasteiger partial charge in [0, 0.05) is 33.7 Å². The Bertz CT molecular complexity index is 1200. The average Bonchev–Trinajstić information content (AvgIpc) is 3.43. The highest BCUT2D eigenvalue weighted by atomic mass is 127. The van der Waals surface area contributed by atoms with Gasteiger partial charge in [-0.3, -0.25) is 9.40 Å². The molecule has 0 unspecified atom stereocenters. The van der Waals surface area contributed by atoms with Gasteiger partial charge in [-0.05, 0) is 66.1 Å². The number of nitrogens with zero attached hydrogens (tertiary/aromatic N) is 2. The maximum absolute atomic E-state index is 15.4. The third-order valence-corrected chi connectivity index (χ3v) is 7.59. The van der Waals surface area contributed by atoms with Crippen LogP contribution in [0.3, 0.4) is 0 Å². The second-order valence-corrected chi connectivity index (χ2v) is 10.3. The first-order chi connectivity index (χ1) is 13.2. The first-order valence-electron chi connectivity index (χ1n) is 8.77. The zero-order valence-corrected chi connectivity index (χ0v) is 18.2. The molecule has 5 nitrogen and oxygen atoms in total. The molecule has 1 heterocycles. The Morgan fingerprint density at radius 1 is 1.29 bits per heavy atom. The third-order valence-electron chi connectivity index (χ3n) is 5.06. The molecule has 0 spiro atoms. The maximum Gasteiger partial charge on any atom is 0.235 e. The minimum absolute atomic E-state index is 0.0807. The number of benzene rings is 2. The highest BCUT2D eigenvalue weighted by Gasteiger charge is 2.36. The summed E-state index contributed by atoms with van der Waals surface area (Å²) in [5.74, 6) is -1.09. The molecule has 1 aromatic heterocycles. The van der Waals surface area contributed by atoms with Crippen LogP contribution < -0.4 is 4.72 Å². The number of sulfonamides is 1. The second-order valence-electron chi connectivity index (χ2n) is 7.08. The van der Waals surface area contributed by atoms with E-state index in [1.807, 2.05) is 22.6 Å². The fourth-order valence-electron chi connectivity index (χ4n) is 3.19. The Morgan fingerprint density at radius 3 is 2.64 bits per heavy atom. The van der Waals surface area contributed by atoms with E-state index in [0.717, 1.165) is 3.57 Å². The van der Waals surface area contributed by atoms with Crippen molar-refractivity contribution in [2.75, 3.05) is 4.72 Å². The van der Waals surface area contributed by atoms with Crippen molar-refractivity contribution >= 4 is 49.2 Å². The van der Waals surface area contributed by atoms with Crippen LogP contribution in [-0.2, 0) is 23.5 Å². The zero-order chi connectivity index (χ0) is 20.2. The van der Waals surface area contributed by atoms with Gasteiger partial charge in [-0.1, -0.05) is 6.07 Å². The lowest BCUT2D eigenvalue weighted by atomic mass is 10.00. The van der Waals surface area contributed by atoms with Crippen molar-refractivity contribution < 1.29 is 17.2 Å². The fourth-order valence-corrected chi connectivity index (χ4v) is 5.05. The number of fused-ring (bicyclic) bond motifs is 1. The van der Waals surface area contributed by atoms with Gasteiger partial charge in [0.25, 0.3) is 0 Å². The molecule has 0 saturated heterocycles. The Balaban J connectivity index is 1.88. The van der Waals surface area contributed by atoms with Crippen molar-refractivity contribution in [1.29, 1.82) is 0 Å². The van der Waals surface area contributed by atoms with Gasteiger partial charge in [0.1, 0.15) is 11.3 Å². The summed E-state index contributed by atoms with van der Waals surface area (Å²) in [6, 6.07) is 6.28. The van der Waals surface area contributed by atoms with Crippen molar-refractivity contribution in [3.8, 4) is 0 Å². The second kappa shape index (κ2) is 6.94. The molecule has 28 heavy (non-hydrogen) atoms. The van der Waals surface area contributed by atoms with E-state index < -0.39 is 26.9 Å². The van der Waals surface area contributed by atoms with Gasteiger partial charge in [0.2, 0.25) is 10.0 Å². The van der Waals surface area contributed by atoms with Crippen LogP contribution in [0, 0.1) is 22.1 Å². The smallest absolute Gasteiger partial charge is 0.235 e. The molecule has 1 fully saturated rings. The number of hydrogen-bond acceptors (Lipinski definition) is 3. The summed E-state index contributed by atoms with van der Waals surface area (Å²) < 4.78 is 59.5. The molecule has 0 radical (unpaired) electrons. The first kappa shape index (κ1) is 19.6. The van der Waals surface area contributed by atoms with Gasteiger partial charge in [-0.2, -0.15) is 5.10 Å². The van der Waals surface area contributed by atoms with E-state index in [1.54, 1.807) is 36.9 Å². The average molecular weight is 517 g/mol. The number of halogens is 3. The molecule has 1 N–H and O–H groups in total. The fraction of sp³-hybridized carbons (Fsp3) is 0.316. The summed E-state index contributed by atoms with van der Waals surface area (Å²) in [5.41, 5.74) is 1.39. The van der Waals surface area contributed by atoms with E-state index in [9.17, 15) is 12.8 Å². The highest BCUT2D eigenvalue weighted by Crippen LogP contribution is 2.35. The molecule has 1 saturated carbocycles. The van der Waals surface area contributed by atoms with Crippen molar-refractivity contribution in [2.24, 2.45) is 7.05 Å². The van der Waals surface area contributed by atoms with Gasteiger partial charge >= 0.3 is 0 Å². The van der Waals surface area contributed by atoms with E-state index in [1.165, 1.54) is 6.07 Å². The number of hydrogen-bond donors (Lipinski definition) is 1. The standard InChI is InChI=1S/C19H18F2IN3O2S/c1-10-14-9-17(24-28(26,27)13-5-6-13)15(18(21)19(14)23-25(10)2)7-11-3-4-12(22)8-16(11)20/h3-4,8-9,13,24H,5-7H2,1-2H3. The zero-order valence-electron chi connectivity index (χ0n) is 15.3. The summed E-state index contributed by atoms with van der Waals surface area (Å²) in [6.45, 7) is 1.78. The molecular weight excluding hydrogens is 499 g/mol. The monoisotopic (exact) mass is 517 g/mol. The first-order valence-corrected chi connectivity index (χ1v) is 11.4. The number of anilines is 1. The quantitative estimate of drug-likeness (QED) is 0.515. The molecule has 1 aliphatic carbocycles. The third kappa shape index (κ3) is 3.49. The summed E-state index contributed by atoms with van der Waals surface area (Å²) in [4.78, 5) is 0. The van der Waals surface area contributed by atoms with Crippen molar-refractivity contribution in [2.45, 2.75) is 31.4 Å². The molecule has 2 aromatic carbocycles. The number of aryl methyl sites for hydroxylation is 2. The van der Waals surface area contributed by atoms with E-state index >= 15 is 4.39 Å². The molecule has 0 aliphatic heterocycles. The van der Waals surface area contributed by atoms with Crippen LogP contribution in [0.15, 0.2) is 24.3 Å².